The van der Waals surface area contributed by atoms with Gasteiger partial charge < -0.3 is 5.32 Å². The number of nitrogens with one attached hydrogen (secondary N) is 1. The number of nitrogens with zero attached hydrogens (tertiary/aromatic N) is 3. The summed E-state index contributed by atoms with van der Waals surface area (Å²) < 4.78 is 9.25. The van der Waals surface area contributed by atoms with Gasteiger partial charge in [0.25, 0.3) is 0 Å². The van der Waals surface area contributed by atoms with Crippen molar-refractivity contribution in [3.63, 3.8) is 0 Å². The number of aromatic nitrogens is 1. The number of benzene rings is 1. The Bertz CT molecular complexity index is 744. The van der Waals surface area contributed by atoms with Crippen LogP contribution in [0.5, 0.6) is 0 Å². The van der Waals surface area contributed by atoms with E-state index in [1.807, 2.05) is 6.07 Å². The summed E-state index contributed by atoms with van der Waals surface area (Å²) in [6, 6.07) is 3.55. The first-order chi connectivity index (χ1) is 9.15. The van der Waals surface area contributed by atoms with Crippen molar-refractivity contribution in [1.29, 1.82) is 0 Å². The maximum absolute atomic E-state index is 6.21. The molecule has 3 rings (SSSR count). The zero-order valence-electron chi connectivity index (χ0n) is 9.19. The van der Waals surface area contributed by atoms with Crippen LogP contribution in [0.2, 0.25) is 10.0 Å². The molecule has 0 amide bonds. The summed E-state index contributed by atoms with van der Waals surface area (Å²) in [5, 5.41) is 4.17. The van der Waals surface area contributed by atoms with Crippen molar-refractivity contribution in [1.82, 2.24) is 4.98 Å². The summed E-state index contributed by atoms with van der Waals surface area (Å²) in [5.74, 6) is 0. The molecular weight excluding hydrogens is 371 g/mol. The zero-order chi connectivity index (χ0) is 13.4. The van der Waals surface area contributed by atoms with Crippen LogP contribution in [0.3, 0.4) is 0 Å². The summed E-state index contributed by atoms with van der Waals surface area (Å²) in [6.45, 7) is 0. The van der Waals surface area contributed by atoms with E-state index in [1.165, 1.54) is 0 Å². The fourth-order valence-electron chi connectivity index (χ4n) is 1.62. The van der Waals surface area contributed by atoms with Crippen LogP contribution in [0.4, 0.5) is 22.7 Å². The molecule has 0 unspecified atom stereocenters. The van der Waals surface area contributed by atoms with Gasteiger partial charge in [-0.3, -0.25) is 4.98 Å². The lowest BCUT2D eigenvalue weighted by Gasteiger charge is -2.11. The molecule has 96 valence electrons. The summed E-state index contributed by atoms with van der Waals surface area (Å²) in [4.78, 5) is 4.08. The molecule has 0 spiro atoms. The van der Waals surface area contributed by atoms with Gasteiger partial charge in [-0.15, -0.1) is 0 Å². The van der Waals surface area contributed by atoms with Gasteiger partial charge >= 0.3 is 0 Å². The van der Waals surface area contributed by atoms with Crippen LogP contribution in [0, 0.1) is 0 Å². The standard InChI is InChI=1S/C11H5BrCl2N4S/c12-5-1-6(4-15-3-5)16-9-7(13)2-8(14)10-11(9)18-19-17-10/h1-4,16H. The van der Waals surface area contributed by atoms with Crippen LogP contribution >= 0.6 is 39.1 Å². The Balaban J connectivity index is 2.07. The van der Waals surface area contributed by atoms with Gasteiger partial charge in [-0.1, -0.05) is 23.2 Å². The summed E-state index contributed by atoms with van der Waals surface area (Å²) in [5.41, 5.74) is 2.77. The highest BCUT2D eigenvalue weighted by atomic mass is 79.9. The molecule has 0 aliphatic carbocycles. The minimum absolute atomic E-state index is 0.491. The quantitative estimate of drug-likeness (QED) is 0.631. The third kappa shape index (κ3) is 2.53. The van der Waals surface area contributed by atoms with E-state index < -0.39 is 0 Å². The number of hydrogen-bond acceptors (Lipinski definition) is 4. The van der Waals surface area contributed by atoms with Gasteiger partial charge in [0.05, 0.1) is 39.0 Å². The molecule has 0 radical (unpaired) electrons. The second-order valence-electron chi connectivity index (χ2n) is 3.69. The Morgan fingerprint density at radius 2 is 1.84 bits per heavy atom. The molecular formula is C11H5BrCl2N4S. The van der Waals surface area contributed by atoms with Crippen LogP contribution < -0.4 is 5.32 Å². The average molecular weight is 376 g/mol. The molecule has 1 N–H and O–H groups in total. The molecule has 8 heteroatoms. The molecule has 0 atom stereocenters. The molecule has 4 nitrogen and oxygen atoms in total. The Morgan fingerprint density at radius 1 is 1.05 bits per heavy atom. The van der Waals surface area contributed by atoms with E-state index in [0.717, 1.165) is 21.5 Å². The van der Waals surface area contributed by atoms with E-state index in [9.17, 15) is 0 Å². The molecule has 19 heavy (non-hydrogen) atoms. The number of rotatable bonds is 2. The number of hydrogen-bond donors (Lipinski definition) is 1. The fourth-order valence-corrected chi connectivity index (χ4v) is 3.14. The Morgan fingerprint density at radius 3 is 2.63 bits per heavy atom. The number of pyridine rings is 1. The Kier molecular flexibility index (Phi) is 3.58. The SMILES string of the molecule is Clc1cc(Cl)c(Nc2cncc(Br)c2)c2c1N=S=N2. The Labute approximate surface area is 131 Å². The van der Waals surface area contributed by atoms with Crippen molar-refractivity contribution < 1.29 is 0 Å². The van der Waals surface area contributed by atoms with Crippen LogP contribution in [0.25, 0.3) is 0 Å². The summed E-state index contributed by atoms with van der Waals surface area (Å²) >= 11 is 16.7. The summed E-state index contributed by atoms with van der Waals surface area (Å²) in [7, 11) is 0. The monoisotopic (exact) mass is 374 g/mol. The van der Waals surface area contributed by atoms with Crippen LogP contribution in [-0.4, -0.2) is 4.98 Å². The minimum Gasteiger partial charge on any atom is -0.351 e. The van der Waals surface area contributed by atoms with Crippen LogP contribution in [0.1, 0.15) is 0 Å². The third-order valence-corrected chi connectivity index (χ3v) is 3.97. The number of halogens is 3. The van der Waals surface area contributed by atoms with E-state index in [0.29, 0.717) is 27.1 Å². The van der Waals surface area contributed by atoms with Gasteiger partial charge in [-0.2, -0.15) is 8.73 Å². The number of fused-ring (bicyclic) bond motifs is 1. The summed E-state index contributed by atoms with van der Waals surface area (Å²) in [6.07, 6.45) is 3.40. The molecule has 0 fully saturated rings. The second-order valence-corrected chi connectivity index (χ2v) is 5.95. The molecule has 2 heterocycles. The molecule has 1 aliphatic rings. The zero-order valence-corrected chi connectivity index (χ0v) is 13.1. The molecule has 2 aromatic rings. The molecule has 0 bridgehead atoms. The van der Waals surface area contributed by atoms with Crippen molar-refractivity contribution in [2.24, 2.45) is 8.73 Å². The largest absolute Gasteiger partial charge is 0.351 e. The lowest BCUT2D eigenvalue weighted by atomic mass is 10.2. The van der Waals surface area contributed by atoms with Gasteiger partial charge in [0, 0.05) is 10.7 Å². The van der Waals surface area contributed by atoms with Crippen LogP contribution in [-0.2, 0) is 11.4 Å². The van der Waals surface area contributed by atoms with E-state index >= 15 is 0 Å². The lowest BCUT2D eigenvalue weighted by Crippen LogP contribution is -1.93. The first kappa shape index (κ1) is 13.1. The van der Waals surface area contributed by atoms with E-state index in [4.69, 9.17) is 23.2 Å². The van der Waals surface area contributed by atoms with Crippen molar-refractivity contribution in [3.8, 4) is 0 Å². The third-order valence-electron chi connectivity index (χ3n) is 2.42. The van der Waals surface area contributed by atoms with Crippen molar-refractivity contribution in [3.05, 3.63) is 39.0 Å². The molecule has 1 aliphatic heterocycles. The first-order valence-electron chi connectivity index (χ1n) is 5.13. The van der Waals surface area contributed by atoms with Crippen LogP contribution in [0.15, 0.2) is 37.7 Å². The lowest BCUT2D eigenvalue weighted by molar-refractivity contribution is 1.30. The van der Waals surface area contributed by atoms with Gasteiger partial charge in [-0.05, 0) is 28.1 Å². The van der Waals surface area contributed by atoms with Gasteiger partial charge in [-0.25, -0.2) is 0 Å². The first-order valence-corrected chi connectivity index (χ1v) is 7.41. The predicted octanol–water partition coefficient (Wildman–Crippen LogP) is 5.62. The second kappa shape index (κ2) is 5.20. The molecule has 1 aromatic carbocycles. The minimum atomic E-state index is 0.491. The number of anilines is 2. The van der Waals surface area contributed by atoms with E-state index in [1.54, 1.807) is 18.5 Å². The molecule has 1 aromatic heterocycles. The molecule has 0 saturated heterocycles. The predicted molar refractivity (Wildman–Crippen MR) is 83.2 cm³/mol. The molecule has 0 saturated carbocycles. The van der Waals surface area contributed by atoms with Gasteiger partial charge in [0.1, 0.15) is 11.4 Å². The fraction of sp³-hybridized carbons (Fsp3) is 0. The van der Waals surface area contributed by atoms with Gasteiger partial charge in [0.2, 0.25) is 0 Å². The van der Waals surface area contributed by atoms with Gasteiger partial charge in [0.15, 0.2) is 0 Å². The average Bonchev–Trinajstić information content (AvgIpc) is 2.84. The van der Waals surface area contributed by atoms with E-state index in [2.05, 4.69) is 35.0 Å². The highest BCUT2D eigenvalue weighted by Crippen LogP contribution is 2.48. The Hall–Kier alpha value is -0.950. The highest BCUT2D eigenvalue weighted by Gasteiger charge is 2.18. The topological polar surface area (TPSA) is 49.6 Å². The normalized spacial score (nSPS) is 12.2. The van der Waals surface area contributed by atoms with E-state index in [-0.39, 0.29) is 0 Å². The van der Waals surface area contributed by atoms with Crippen molar-refractivity contribution in [2.75, 3.05) is 5.32 Å². The maximum atomic E-state index is 6.21. The van der Waals surface area contributed by atoms with Crippen molar-refractivity contribution in [2.45, 2.75) is 0 Å². The van der Waals surface area contributed by atoms with Crippen molar-refractivity contribution >= 4 is 73.2 Å². The maximum Gasteiger partial charge on any atom is 0.131 e. The smallest absolute Gasteiger partial charge is 0.131 e. The highest BCUT2D eigenvalue weighted by molar-refractivity contribution is 9.10.